The van der Waals surface area contributed by atoms with Crippen LogP contribution in [0, 0.1) is 12.8 Å². The molecule has 1 aromatic carbocycles. The lowest BCUT2D eigenvalue weighted by molar-refractivity contribution is -0.120. The molecule has 1 fully saturated rings. The van der Waals surface area contributed by atoms with Crippen molar-refractivity contribution in [2.45, 2.75) is 19.8 Å². The molecule has 1 N–H and O–H groups in total. The number of rotatable bonds is 5. The van der Waals surface area contributed by atoms with Gasteiger partial charge in [0.1, 0.15) is 29.0 Å². The van der Waals surface area contributed by atoms with E-state index in [9.17, 15) is 4.79 Å². The van der Waals surface area contributed by atoms with E-state index in [-0.39, 0.29) is 11.8 Å². The number of hydrogen-bond acceptors (Lipinski definition) is 8. The molecule has 9 heteroatoms. The van der Waals surface area contributed by atoms with E-state index in [2.05, 4.69) is 25.3 Å². The van der Waals surface area contributed by atoms with E-state index >= 15 is 0 Å². The van der Waals surface area contributed by atoms with Crippen molar-refractivity contribution in [3.8, 4) is 11.5 Å². The summed E-state index contributed by atoms with van der Waals surface area (Å²) in [5, 5.41) is 7.77. The maximum atomic E-state index is 13.0. The van der Waals surface area contributed by atoms with Crippen LogP contribution in [0.4, 0.5) is 11.5 Å². The first kappa shape index (κ1) is 19.0. The Morgan fingerprint density at radius 1 is 1.28 bits per heavy atom. The highest BCUT2D eigenvalue weighted by Crippen LogP contribution is 2.32. The number of aryl methyl sites for hydroxylation is 1. The predicted molar refractivity (Wildman–Crippen MR) is 107 cm³/mol. The standard InChI is InChI=1S/C20H23N5O4/c1-12-17-18(21-11-22-20(17)29-24-12)25-8-4-5-13(10-25)19(26)23-15-9-14(27-2)6-7-16(15)28-3/h6-7,9,11,13H,4-5,8,10H2,1-3H3,(H,23,26). The van der Waals surface area contributed by atoms with Gasteiger partial charge in [-0.1, -0.05) is 5.16 Å². The maximum absolute atomic E-state index is 13.0. The van der Waals surface area contributed by atoms with Gasteiger partial charge in [0.15, 0.2) is 0 Å². The van der Waals surface area contributed by atoms with Gasteiger partial charge in [0, 0.05) is 19.2 Å². The number of hydrogen-bond donors (Lipinski definition) is 1. The molecule has 1 saturated heterocycles. The first-order chi connectivity index (χ1) is 14.1. The lowest BCUT2D eigenvalue weighted by atomic mass is 9.96. The van der Waals surface area contributed by atoms with Crippen LogP contribution in [0.15, 0.2) is 29.0 Å². The molecule has 9 nitrogen and oxygen atoms in total. The van der Waals surface area contributed by atoms with Crippen LogP contribution in [0.25, 0.3) is 11.1 Å². The van der Waals surface area contributed by atoms with Gasteiger partial charge < -0.3 is 24.2 Å². The van der Waals surface area contributed by atoms with Crippen molar-refractivity contribution in [1.82, 2.24) is 15.1 Å². The molecule has 1 aliphatic rings. The summed E-state index contributed by atoms with van der Waals surface area (Å²) in [6.45, 7) is 3.22. The molecule has 1 atom stereocenters. The number of anilines is 2. The summed E-state index contributed by atoms with van der Waals surface area (Å²) in [7, 11) is 3.16. The molecule has 0 aliphatic carbocycles. The van der Waals surface area contributed by atoms with Crippen LogP contribution in [0.5, 0.6) is 11.5 Å². The summed E-state index contributed by atoms with van der Waals surface area (Å²) >= 11 is 0. The second kappa shape index (κ2) is 7.94. The van der Waals surface area contributed by atoms with Gasteiger partial charge in [0.25, 0.3) is 5.71 Å². The number of amides is 1. The van der Waals surface area contributed by atoms with Crippen molar-refractivity contribution in [2.24, 2.45) is 5.92 Å². The molecule has 3 aromatic rings. The highest BCUT2D eigenvalue weighted by atomic mass is 16.5. The number of piperidine rings is 1. The third-order valence-corrected chi connectivity index (χ3v) is 5.18. The van der Waals surface area contributed by atoms with Crippen molar-refractivity contribution < 1.29 is 18.8 Å². The topological polar surface area (TPSA) is 103 Å². The number of methoxy groups -OCH3 is 2. The van der Waals surface area contributed by atoms with Crippen molar-refractivity contribution in [1.29, 1.82) is 0 Å². The molecule has 0 saturated carbocycles. The van der Waals surface area contributed by atoms with Crippen LogP contribution >= 0.6 is 0 Å². The first-order valence-corrected chi connectivity index (χ1v) is 9.45. The molecule has 3 heterocycles. The minimum absolute atomic E-state index is 0.0615. The minimum atomic E-state index is -0.190. The number of carbonyl (C=O) groups is 1. The van der Waals surface area contributed by atoms with E-state index < -0.39 is 0 Å². The molecule has 1 aliphatic heterocycles. The Morgan fingerprint density at radius 2 is 2.14 bits per heavy atom. The summed E-state index contributed by atoms with van der Waals surface area (Å²) in [5.41, 5.74) is 1.79. The zero-order chi connectivity index (χ0) is 20.4. The third-order valence-electron chi connectivity index (χ3n) is 5.18. The van der Waals surface area contributed by atoms with Crippen molar-refractivity contribution in [2.75, 3.05) is 37.5 Å². The fourth-order valence-corrected chi connectivity index (χ4v) is 3.67. The van der Waals surface area contributed by atoms with E-state index in [1.54, 1.807) is 32.4 Å². The molecule has 0 bridgehead atoms. The van der Waals surface area contributed by atoms with Crippen molar-refractivity contribution in [3.05, 3.63) is 30.2 Å². The average Bonchev–Trinajstić information content (AvgIpc) is 3.15. The molecule has 0 radical (unpaired) electrons. The Balaban J connectivity index is 1.54. The molecule has 1 amide bonds. The lowest BCUT2D eigenvalue weighted by Crippen LogP contribution is -2.41. The normalized spacial score (nSPS) is 16.7. The van der Waals surface area contributed by atoms with E-state index in [4.69, 9.17) is 14.0 Å². The van der Waals surface area contributed by atoms with E-state index in [1.165, 1.54) is 6.33 Å². The summed E-state index contributed by atoms with van der Waals surface area (Å²) < 4.78 is 15.9. The van der Waals surface area contributed by atoms with Crippen LogP contribution < -0.4 is 19.7 Å². The Bertz CT molecular complexity index is 1030. The van der Waals surface area contributed by atoms with Gasteiger partial charge >= 0.3 is 0 Å². The maximum Gasteiger partial charge on any atom is 0.263 e. The van der Waals surface area contributed by atoms with E-state index in [0.717, 1.165) is 36.3 Å². The van der Waals surface area contributed by atoms with Crippen LogP contribution in [0.1, 0.15) is 18.5 Å². The van der Waals surface area contributed by atoms with Crippen LogP contribution in [-0.4, -0.2) is 48.3 Å². The zero-order valence-corrected chi connectivity index (χ0v) is 16.6. The molecule has 0 spiro atoms. The number of aromatic nitrogens is 3. The fraction of sp³-hybridized carbons (Fsp3) is 0.400. The molecular weight excluding hydrogens is 374 g/mol. The number of fused-ring (bicyclic) bond motifs is 1. The summed E-state index contributed by atoms with van der Waals surface area (Å²) in [6, 6.07) is 5.32. The van der Waals surface area contributed by atoms with Crippen LogP contribution in [-0.2, 0) is 4.79 Å². The zero-order valence-electron chi connectivity index (χ0n) is 16.6. The van der Waals surface area contributed by atoms with Crippen LogP contribution in [0.3, 0.4) is 0 Å². The SMILES string of the molecule is COc1ccc(OC)c(NC(=O)C2CCCN(c3ncnc4onc(C)c34)C2)c1. The molecule has 152 valence electrons. The van der Waals surface area contributed by atoms with Crippen molar-refractivity contribution >= 4 is 28.5 Å². The summed E-state index contributed by atoms with van der Waals surface area (Å²) in [5.74, 6) is 1.74. The molecular formula is C20H23N5O4. The Morgan fingerprint density at radius 3 is 2.93 bits per heavy atom. The monoisotopic (exact) mass is 397 g/mol. The van der Waals surface area contributed by atoms with Crippen LogP contribution in [0.2, 0.25) is 0 Å². The van der Waals surface area contributed by atoms with Gasteiger partial charge in [-0.25, -0.2) is 4.98 Å². The third kappa shape index (κ3) is 3.67. The number of nitrogens with one attached hydrogen (secondary N) is 1. The predicted octanol–water partition coefficient (Wildman–Crippen LogP) is 2.80. The molecule has 2 aromatic heterocycles. The number of ether oxygens (including phenoxy) is 2. The fourth-order valence-electron chi connectivity index (χ4n) is 3.67. The van der Waals surface area contributed by atoms with Gasteiger partial charge in [0.05, 0.1) is 31.5 Å². The minimum Gasteiger partial charge on any atom is -0.497 e. The average molecular weight is 397 g/mol. The lowest BCUT2D eigenvalue weighted by Gasteiger charge is -2.33. The van der Waals surface area contributed by atoms with Crippen molar-refractivity contribution in [3.63, 3.8) is 0 Å². The summed E-state index contributed by atoms with van der Waals surface area (Å²) in [4.78, 5) is 23.7. The highest BCUT2D eigenvalue weighted by Gasteiger charge is 2.29. The molecule has 4 rings (SSSR count). The largest absolute Gasteiger partial charge is 0.497 e. The smallest absolute Gasteiger partial charge is 0.263 e. The Labute approximate surface area is 168 Å². The second-order valence-electron chi connectivity index (χ2n) is 6.99. The molecule has 29 heavy (non-hydrogen) atoms. The van der Waals surface area contributed by atoms with E-state index in [0.29, 0.717) is 29.4 Å². The van der Waals surface area contributed by atoms with Gasteiger partial charge in [0.2, 0.25) is 5.91 Å². The van der Waals surface area contributed by atoms with Gasteiger partial charge in [-0.3, -0.25) is 4.79 Å². The molecule has 1 unspecified atom stereocenters. The van der Waals surface area contributed by atoms with Gasteiger partial charge in [-0.15, -0.1) is 0 Å². The van der Waals surface area contributed by atoms with Gasteiger partial charge in [-0.2, -0.15) is 4.98 Å². The van der Waals surface area contributed by atoms with E-state index in [1.807, 2.05) is 6.92 Å². The number of benzene rings is 1. The second-order valence-corrected chi connectivity index (χ2v) is 6.99. The first-order valence-electron chi connectivity index (χ1n) is 9.45. The number of nitrogens with zero attached hydrogens (tertiary/aromatic N) is 4. The Kier molecular flexibility index (Phi) is 5.20. The number of carbonyl (C=O) groups excluding carboxylic acids is 1. The Hall–Kier alpha value is -3.36. The highest BCUT2D eigenvalue weighted by molar-refractivity contribution is 5.95. The quantitative estimate of drug-likeness (QED) is 0.701. The summed E-state index contributed by atoms with van der Waals surface area (Å²) in [6.07, 6.45) is 3.14. The van der Waals surface area contributed by atoms with Gasteiger partial charge in [-0.05, 0) is 31.9 Å².